The summed E-state index contributed by atoms with van der Waals surface area (Å²) in [5.41, 5.74) is 4.62. The first-order valence-electron chi connectivity index (χ1n) is 7.05. The van der Waals surface area contributed by atoms with Crippen LogP contribution in [0.2, 0.25) is 0 Å². The van der Waals surface area contributed by atoms with Crippen molar-refractivity contribution in [1.29, 1.82) is 0 Å². The van der Waals surface area contributed by atoms with Crippen molar-refractivity contribution in [3.05, 3.63) is 46.0 Å². The number of ether oxygens (including phenoxy) is 1. The van der Waals surface area contributed by atoms with Gasteiger partial charge in [-0.1, -0.05) is 12.1 Å². The fraction of sp³-hybridized carbons (Fsp3) is 0.235. The first-order chi connectivity index (χ1) is 10.5. The topological polar surface area (TPSA) is 54.1 Å². The van der Waals surface area contributed by atoms with E-state index in [4.69, 9.17) is 4.74 Å². The number of amides is 1. The number of methoxy groups -OCH3 is 1. The van der Waals surface area contributed by atoms with Crippen LogP contribution in [-0.4, -0.2) is 18.0 Å². The molecule has 0 atom stereocenters. The maximum atomic E-state index is 12.7. The Balaban J connectivity index is 2.02. The van der Waals surface area contributed by atoms with Gasteiger partial charge in [-0.05, 0) is 38.5 Å². The Labute approximate surface area is 133 Å². The van der Waals surface area contributed by atoms with E-state index in [9.17, 15) is 4.79 Å². The van der Waals surface area contributed by atoms with Gasteiger partial charge in [-0.25, -0.2) is 0 Å². The number of aromatic nitrogens is 1. The standard InChI is InChI=1S/C17H18N2O2S/c1-9-10(2)18-15-14(11(3)22-16(9)15)17(20)19-12-7-5-6-8-13(12)21-4/h5-8,18H,1-4H3,(H,19,20). The molecule has 0 bridgehead atoms. The fourth-order valence-corrected chi connectivity index (χ4v) is 3.75. The van der Waals surface area contributed by atoms with E-state index >= 15 is 0 Å². The molecule has 0 radical (unpaired) electrons. The second-order valence-electron chi connectivity index (χ2n) is 5.27. The average molecular weight is 314 g/mol. The molecule has 2 aromatic heterocycles. The number of aromatic amines is 1. The van der Waals surface area contributed by atoms with Gasteiger partial charge in [-0.3, -0.25) is 4.79 Å². The number of H-pyrrole nitrogens is 1. The summed E-state index contributed by atoms with van der Waals surface area (Å²) in [4.78, 5) is 17.1. The summed E-state index contributed by atoms with van der Waals surface area (Å²) in [7, 11) is 1.59. The molecule has 2 N–H and O–H groups in total. The van der Waals surface area contributed by atoms with Gasteiger partial charge in [0.25, 0.3) is 5.91 Å². The molecule has 114 valence electrons. The van der Waals surface area contributed by atoms with Crippen molar-refractivity contribution in [1.82, 2.24) is 4.98 Å². The number of rotatable bonds is 3. The van der Waals surface area contributed by atoms with Gasteiger partial charge < -0.3 is 15.0 Å². The lowest BCUT2D eigenvalue weighted by Crippen LogP contribution is -2.13. The summed E-state index contributed by atoms with van der Waals surface area (Å²) in [5.74, 6) is 0.535. The quantitative estimate of drug-likeness (QED) is 0.752. The molecule has 5 heteroatoms. The zero-order chi connectivity index (χ0) is 15.9. The van der Waals surface area contributed by atoms with Gasteiger partial charge >= 0.3 is 0 Å². The van der Waals surface area contributed by atoms with Crippen LogP contribution in [0.1, 0.15) is 26.5 Å². The second kappa shape index (κ2) is 5.50. The summed E-state index contributed by atoms with van der Waals surface area (Å²) in [6.45, 7) is 6.08. The molecule has 1 aromatic carbocycles. The van der Waals surface area contributed by atoms with Crippen LogP contribution in [-0.2, 0) is 0 Å². The minimum atomic E-state index is -0.116. The largest absolute Gasteiger partial charge is 0.495 e. The molecule has 3 rings (SSSR count). The van der Waals surface area contributed by atoms with E-state index in [0.717, 1.165) is 20.8 Å². The Hall–Kier alpha value is -2.27. The van der Waals surface area contributed by atoms with Crippen LogP contribution < -0.4 is 10.1 Å². The molecule has 0 saturated carbocycles. The van der Waals surface area contributed by atoms with Gasteiger partial charge in [0.15, 0.2) is 0 Å². The van der Waals surface area contributed by atoms with Gasteiger partial charge in [0.2, 0.25) is 0 Å². The lowest BCUT2D eigenvalue weighted by atomic mass is 10.2. The SMILES string of the molecule is COc1ccccc1NC(=O)c1c(C)sc2c(C)c(C)[nH]c12. The van der Waals surface area contributed by atoms with Crippen molar-refractivity contribution >= 4 is 33.1 Å². The third kappa shape index (κ3) is 2.27. The first kappa shape index (κ1) is 14.7. The van der Waals surface area contributed by atoms with Crippen molar-refractivity contribution in [2.45, 2.75) is 20.8 Å². The molecule has 1 amide bonds. The zero-order valence-electron chi connectivity index (χ0n) is 13.0. The molecule has 0 aliphatic rings. The number of nitrogens with one attached hydrogen (secondary N) is 2. The van der Waals surface area contributed by atoms with Crippen LogP contribution in [0.5, 0.6) is 5.75 Å². The number of hydrogen-bond donors (Lipinski definition) is 2. The van der Waals surface area contributed by atoms with Crippen molar-refractivity contribution in [2.24, 2.45) is 0 Å². The van der Waals surface area contributed by atoms with Gasteiger partial charge in [0, 0.05) is 10.6 Å². The van der Waals surface area contributed by atoms with Gasteiger partial charge in [0.05, 0.1) is 28.6 Å². The molecule has 4 nitrogen and oxygen atoms in total. The summed E-state index contributed by atoms with van der Waals surface area (Å²) < 4.78 is 6.44. The molecular weight excluding hydrogens is 296 g/mol. The normalized spacial score (nSPS) is 10.9. The van der Waals surface area contributed by atoms with Gasteiger partial charge in [-0.2, -0.15) is 0 Å². The molecule has 0 spiro atoms. The maximum Gasteiger partial charge on any atom is 0.259 e. The lowest BCUT2D eigenvalue weighted by Gasteiger charge is -2.09. The molecule has 0 saturated heterocycles. The Morgan fingerprint density at radius 2 is 1.95 bits per heavy atom. The zero-order valence-corrected chi connectivity index (χ0v) is 13.9. The van der Waals surface area contributed by atoms with Gasteiger partial charge in [0.1, 0.15) is 5.75 Å². The van der Waals surface area contributed by atoms with Crippen molar-refractivity contribution in [3.63, 3.8) is 0 Å². The van der Waals surface area contributed by atoms with Gasteiger partial charge in [-0.15, -0.1) is 11.3 Å². The number of fused-ring (bicyclic) bond motifs is 1. The molecule has 22 heavy (non-hydrogen) atoms. The number of carbonyl (C=O) groups is 1. The van der Waals surface area contributed by atoms with E-state index in [-0.39, 0.29) is 5.91 Å². The Kier molecular flexibility index (Phi) is 3.66. The molecule has 3 aromatic rings. The van der Waals surface area contributed by atoms with Crippen molar-refractivity contribution in [3.8, 4) is 5.75 Å². The molecule has 0 aliphatic carbocycles. The Bertz CT molecular complexity index is 861. The van der Waals surface area contributed by atoms with E-state index in [1.807, 2.05) is 38.1 Å². The summed E-state index contributed by atoms with van der Waals surface area (Å²) in [5, 5.41) is 2.95. The summed E-state index contributed by atoms with van der Waals surface area (Å²) in [6, 6.07) is 7.41. The minimum absolute atomic E-state index is 0.116. The number of aryl methyl sites for hydroxylation is 3. The van der Waals surface area contributed by atoms with E-state index in [1.54, 1.807) is 18.4 Å². The minimum Gasteiger partial charge on any atom is -0.495 e. The van der Waals surface area contributed by atoms with Crippen LogP contribution in [0, 0.1) is 20.8 Å². The highest BCUT2D eigenvalue weighted by molar-refractivity contribution is 7.19. The van der Waals surface area contributed by atoms with E-state index < -0.39 is 0 Å². The predicted octanol–water partition coefficient (Wildman–Crippen LogP) is 4.42. The number of thiophene rings is 1. The number of hydrogen-bond acceptors (Lipinski definition) is 3. The highest BCUT2D eigenvalue weighted by atomic mass is 32.1. The summed E-state index contributed by atoms with van der Waals surface area (Å²) >= 11 is 1.65. The molecule has 2 heterocycles. The van der Waals surface area contributed by atoms with Crippen molar-refractivity contribution < 1.29 is 9.53 Å². The average Bonchev–Trinajstić information content (AvgIpc) is 2.95. The number of benzene rings is 1. The van der Waals surface area contributed by atoms with Crippen LogP contribution in [0.25, 0.3) is 10.2 Å². The Morgan fingerprint density at radius 3 is 2.68 bits per heavy atom. The lowest BCUT2D eigenvalue weighted by molar-refractivity contribution is 0.102. The van der Waals surface area contributed by atoms with Crippen LogP contribution >= 0.6 is 11.3 Å². The first-order valence-corrected chi connectivity index (χ1v) is 7.87. The fourth-order valence-electron chi connectivity index (χ4n) is 2.59. The number of para-hydroxylation sites is 2. The smallest absolute Gasteiger partial charge is 0.259 e. The van der Waals surface area contributed by atoms with E-state index in [2.05, 4.69) is 17.2 Å². The number of anilines is 1. The third-order valence-electron chi connectivity index (χ3n) is 3.88. The summed E-state index contributed by atoms with van der Waals surface area (Å²) in [6.07, 6.45) is 0. The van der Waals surface area contributed by atoms with Crippen LogP contribution in [0.4, 0.5) is 5.69 Å². The highest BCUT2D eigenvalue weighted by Crippen LogP contribution is 2.35. The van der Waals surface area contributed by atoms with E-state index in [1.165, 1.54) is 5.56 Å². The number of carbonyl (C=O) groups excluding carboxylic acids is 1. The van der Waals surface area contributed by atoms with E-state index in [0.29, 0.717) is 17.0 Å². The molecule has 0 aliphatic heterocycles. The monoisotopic (exact) mass is 314 g/mol. The maximum absolute atomic E-state index is 12.7. The predicted molar refractivity (Wildman–Crippen MR) is 91.3 cm³/mol. The second-order valence-corrected chi connectivity index (χ2v) is 6.49. The van der Waals surface area contributed by atoms with Crippen LogP contribution in [0.3, 0.4) is 0 Å². The molecule has 0 fully saturated rings. The van der Waals surface area contributed by atoms with Crippen LogP contribution in [0.15, 0.2) is 24.3 Å². The third-order valence-corrected chi connectivity index (χ3v) is 5.11. The molecular formula is C17H18N2O2S. The Morgan fingerprint density at radius 1 is 1.23 bits per heavy atom. The molecule has 0 unspecified atom stereocenters. The van der Waals surface area contributed by atoms with Crippen molar-refractivity contribution in [2.75, 3.05) is 12.4 Å². The highest BCUT2D eigenvalue weighted by Gasteiger charge is 2.21.